The summed E-state index contributed by atoms with van der Waals surface area (Å²) in [5.41, 5.74) is 1.87. The molecular weight excluding hydrogens is 464 g/mol. The number of thiazole rings is 1. The van der Waals surface area contributed by atoms with E-state index in [0.717, 1.165) is 36.5 Å². The zero-order valence-corrected chi connectivity index (χ0v) is 19.2. The first kappa shape index (κ1) is 21.7. The molecule has 2 aromatic carbocycles. The number of rotatable bonds is 7. The summed E-state index contributed by atoms with van der Waals surface area (Å²) in [7, 11) is 0. The largest absolute Gasteiger partial charge is 0.301 e. The molecule has 0 bridgehead atoms. The molecule has 0 spiro atoms. The van der Waals surface area contributed by atoms with Gasteiger partial charge in [-0.2, -0.15) is 0 Å². The zero-order valence-electron chi connectivity index (χ0n) is 17.5. The molecule has 2 aromatic heterocycles. The standard InChI is InChI=1S/C23H19F2N5OS2/c1-13(21(31)27-22-26-19(12-32-22)15-9-10-17(24)18(25)11-15)33-23-29-28-20(14-7-8-14)30(23)16-5-3-2-4-6-16/h2-6,9-14H,7-8H2,1H3,(H,26,27,31). The third-order valence-corrected chi connectivity index (χ3v) is 7.02. The van der Waals surface area contributed by atoms with Crippen molar-refractivity contribution in [1.29, 1.82) is 0 Å². The molecule has 4 aromatic rings. The van der Waals surface area contributed by atoms with E-state index >= 15 is 0 Å². The molecule has 1 saturated carbocycles. The normalized spacial score (nSPS) is 14.3. The van der Waals surface area contributed by atoms with Crippen LogP contribution in [0.4, 0.5) is 13.9 Å². The Bertz CT molecular complexity index is 1300. The second-order valence-electron chi connectivity index (χ2n) is 7.70. The predicted octanol–water partition coefficient (Wildman–Crippen LogP) is 5.67. The van der Waals surface area contributed by atoms with Crippen LogP contribution in [0.5, 0.6) is 0 Å². The maximum absolute atomic E-state index is 13.5. The zero-order chi connectivity index (χ0) is 22.9. The molecule has 1 atom stereocenters. The van der Waals surface area contributed by atoms with Gasteiger partial charge in [-0.1, -0.05) is 30.0 Å². The Morgan fingerprint density at radius 2 is 1.94 bits per heavy atom. The van der Waals surface area contributed by atoms with Gasteiger partial charge in [-0.25, -0.2) is 13.8 Å². The fourth-order valence-corrected chi connectivity index (χ4v) is 4.92. The molecule has 168 valence electrons. The topological polar surface area (TPSA) is 72.7 Å². The van der Waals surface area contributed by atoms with Gasteiger partial charge in [0.2, 0.25) is 5.91 Å². The number of aromatic nitrogens is 4. The van der Waals surface area contributed by atoms with Crippen LogP contribution in [0.25, 0.3) is 16.9 Å². The number of amides is 1. The molecule has 1 amide bonds. The minimum atomic E-state index is -0.941. The van der Waals surface area contributed by atoms with E-state index in [1.807, 2.05) is 34.9 Å². The maximum atomic E-state index is 13.5. The molecule has 0 aliphatic heterocycles. The lowest BCUT2D eigenvalue weighted by atomic mass is 10.2. The van der Waals surface area contributed by atoms with E-state index in [9.17, 15) is 13.6 Å². The number of benzene rings is 2. The Balaban J connectivity index is 1.30. The molecule has 6 nitrogen and oxygen atoms in total. The van der Waals surface area contributed by atoms with Crippen LogP contribution in [0.1, 0.15) is 31.5 Å². The van der Waals surface area contributed by atoms with Gasteiger partial charge in [0.25, 0.3) is 0 Å². The van der Waals surface area contributed by atoms with Gasteiger partial charge < -0.3 is 5.32 Å². The summed E-state index contributed by atoms with van der Waals surface area (Å²) in [6.07, 6.45) is 2.19. The van der Waals surface area contributed by atoms with Crippen molar-refractivity contribution in [1.82, 2.24) is 19.7 Å². The van der Waals surface area contributed by atoms with Gasteiger partial charge in [0.15, 0.2) is 21.9 Å². The van der Waals surface area contributed by atoms with Crippen LogP contribution < -0.4 is 5.32 Å². The minimum Gasteiger partial charge on any atom is -0.301 e. The van der Waals surface area contributed by atoms with Crippen molar-refractivity contribution in [3.05, 3.63) is 71.4 Å². The highest BCUT2D eigenvalue weighted by atomic mass is 32.2. The lowest BCUT2D eigenvalue weighted by molar-refractivity contribution is -0.115. The summed E-state index contributed by atoms with van der Waals surface area (Å²) in [5, 5.41) is 13.8. The summed E-state index contributed by atoms with van der Waals surface area (Å²) in [4.78, 5) is 17.2. The molecule has 10 heteroatoms. The van der Waals surface area contributed by atoms with E-state index in [1.165, 1.54) is 29.2 Å². The monoisotopic (exact) mass is 483 g/mol. The van der Waals surface area contributed by atoms with Crippen molar-refractivity contribution >= 4 is 34.1 Å². The number of thioether (sulfide) groups is 1. The first-order valence-electron chi connectivity index (χ1n) is 10.4. The van der Waals surface area contributed by atoms with Crippen molar-refractivity contribution in [2.75, 3.05) is 5.32 Å². The highest BCUT2D eigenvalue weighted by Crippen LogP contribution is 2.41. The molecule has 2 heterocycles. The first-order chi connectivity index (χ1) is 16.0. The van der Waals surface area contributed by atoms with Crippen LogP contribution in [0.2, 0.25) is 0 Å². The number of nitrogens with one attached hydrogen (secondary N) is 1. The second kappa shape index (κ2) is 9.03. The lowest BCUT2D eigenvalue weighted by Gasteiger charge is -2.13. The Morgan fingerprint density at radius 3 is 2.67 bits per heavy atom. The molecule has 1 aliphatic rings. The summed E-state index contributed by atoms with van der Waals surface area (Å²) in [5.74, 6) is -0.763. The average molecular weight is 484 g/mol. The fraction of sp³-hybridized carbons (Fsp3) is 0.217. The smallest absolute Gasteiger partial charge is 0.239 e. The second-order valence-corrected chi connectivity index (χ2v) is 9.87. The third kappa shape index (κ3) is 4.67. The number of carbonyl (C=O) groups is 1. The highest BCUT2D eigenvalue weighted by Gasteiger charge is 2.32. The number of anilines is 1. The molecular formula is C23H19F2N5OS2. The van der Waals surface area contributed by atoms with Gasteiger partial charge >= 0.3 is 0 Å². The molecule has 0 radical (unpaired) electrons. The van der Waals surface area contributed by atoms with Gasteiger partial charge in [0.1, 0.15) is 5.82 Å². The van der Waals surface area contributed by atoms with E-state index in [0.29, 0.717) is 27.5 Å². The lowest BCUT2D eigenvalue weighted by Crippen LogP contribution is -2.22. The van der Waals surface area contributed by atoms with Crippen molar-refractivity contribution in [2.24, 2.45) is 0 Å². The number of hydrogen-bond donors (Lipinski definition) is 1. The van der Waals surface area contributed by atoms with E-state index in [2.05, 4.69) is 20.5 Å². The predicted molar refractivity (Wildman–Crippen MR) is 125 cm³/mol. The fourth-order valence-electron chi connectivity index (χ4n) is 3.32. The minimum absolute atomic E-state index is 0.234. The van der Waals surface area contributed by atoms with E-state index < -0.39 is 16.9 Å². The molecule has 33 heavy (non-hydrogen) atoms. The van der Waals surface area contributed by atoms with Crippen molar-refractivity contribution in [2.45, 2.75) is 36.1 Å². The summed E-state index contributed by atoms with van der Waals surface area (Å²) < 4.78 is 28.7. The number of halogens is 2. The van der Waals surface area contributed by atoms with Crippen LogP contribution >= 0.6 is 23.1 Å². The first-order valence-corrected chi connectivity index (χ1v) is 12.1. The number of carbonyl (C=O) groups excluding carboxylic acids is 1. The maximum Gasteiger partial charge on any atom is 0.239 e. The van der Waals surface area contributed by atoms with Gasteiger partial charge in [0.05, 0.1) is 10.9 Å². The van der Waals surface area contributed by atoms with Crippen LogP contribution in [0, 0.1) is 11.6 Å². The van der Waals surface area contributed by atoms with Gasteiger partial charge in [-0.15, -0.1) is 21.5 Å². The van der Waals surface area contributed by atoms with Gasteiger partial charge in [-0.05, 0) is 50.1 Å². The average Bonchev–Trinajstić information content (AvgIpc) is 3.42. The molecule has 1 aliphatic carbocycles. The van der Waals surface area contributed by atoms with E-state index in [-0.39, 0.29) is 5.91 Å². The summed E-state index contributed by atoms with van der Waals surface area (Å²) >= 11 is 2.55. The van der Waals surface area contributed by atoms with Crippen LogP contribution in [0.15, 0.2) is 59.1 Å². The van der Waals surface area contributed by atoms with E-state index in [1.54, 1.807) is 12.3 Å². The Kier molecular flexibility index (Phi) is 5.94. The van der Waals surface area contributed by atoms with Crippen LogP contribution in [-0.4, -0.2) is 30.9 Å². The summed E-state index contributed by atoms with van der Waals surface area (Å²) in [6, 6.07) is 13.5. The van der Waals surface area contributed by atoms with Crippen molar-refractivity contribution in [3.8, 4) is 16.9 Å². The number of para-hydroxylation sites is 1. The Labute approximate surface area is 197 Å². The number of hydrogen-bond acceptors (Lipinski definition) is 6. The highest BCUT2D eigenvalue weighted by molar-refractivity contribution is 8.00. The SMILES string of the molecule is CC(Sc1nnc(C2CC2)n1-c1ccccc1)C(=O)Nc1nc(-c2ccc(F)c(F)c2)cs1. The molecule has 1 N–H and O–H groups in total. The molecule has 1 fully saturated rings. The van der Waals surface area contributed by atoms with Crippen molar-refractivity contribution in [3.63, 3.8) is 0 Å². The Morgan fingerprint density at radius 1 is 1.15 bits per heavy atom. The van der Waals surface area contributed by atoms with Crippen LogP contribution in [0.3, 0.4) is 0 Å². The quantitative estimate of drug-likeness (QED) is 0.343. The van der Waals surface area contributed by atoms with Gasteiger partial charge in [-0.3, -0.25) is 9.36 Å². The molecule has 5 rings (SSSR count). The van der Waals surface area contributed by atoms with Crippen molar-refractivity contribution < 1.29 is 13.6 Å². The number of nitrogens with zero attached hydrogens (tertiary/aromatic N) is 4. The third-order valence-electron chi connectivity index (χ3n) is 5.22. The summed E-state index contributed by atoms with van der Waals surface area (Å²) in [6.45, 7) is 1.80. The van der Waals surface area contributed by atoms with Gasteiger partial charge in [0, 0.05) is 22.5 Å². The van der Waals surface area contributed by atoms with Crippen LogP contribution in [-0.2, 0) is 4.79 Å². The van der Waals surface area contributed by atoms with E-state index in [4.69, 9.17) is 0 Å². The molecule has 1 unspecified atom stereocenters. The molecule has 0 saturated heterocycles. The Hall–Kier alpha value is -3.11.